The highest BCUT2D eigenvalue weighted by Crippen LogP contribution is 2.22. The van der Waals surface area contributed by atoms with E-state index in [-0.39, 0.29) is 22.8 Å². The van der Waals surface area contributed by atoms with Gasteiger partial charge in [-0.25, -0.2) is 0 Å². The van der Waals surface area contributed by atoms with E-state index in [9.17, 15) is 20.0 Å². The minimum absolute atomic E-state index is 0.0365. The molecule has 1 heterocycles. The zero-order valence-electron chi connectivity index (χ0n) is 11.6. The maximum Gasteiger partial charge on any atom is 0.271 e. The molecule has 0 saturated carbocycles. The molecule has 2 aromatic rings. The molecule has 0 radical (unpaired) electrons. The van der Waals surface area contributed by atoms with Crippen LogP contribution in [-0.2, 0) is 5.60 Å². The van der Waals surface area contributed by atoms with Gasteiger partial charge in [0.2, 0.25) is 0 Å². The van der Waals surface area contributed by atoms with E-state index in [4.69, 9.17) is 16.0 Å². The fourth-order valence-corrected chi connectivity index (χ4v) is 2.07. The number of nitro groups is 1. The molecule has 0 fully saturated rings. The van der Waals surface area contributed by atoms with Crippen molar-refractivity contribution in [2.75, 3.05) is 6.54 Å². The Kier molecular flexibility index (Phi) is 4.48. The fraction of sp³-hybridized carbons (Fsp3) is 0.214. The Balaban J connectivity index is 2.11. The summed E-state index contributed by atoms with van der Waals surface area (Å²) in [4.78, 5) is 22.2. The van der Waals surface area contributed by atoms with Crippen molar-refractivity contribution in [2.45, 2.75) is 12.5 Å². The van der Waals surface area contributed by atoms with Gasteiger partial charge < -0.3 is 14.8 Å². The van der Waals surface area contributed by atoms with Gasteiger partial charge in [0.25, 0.3) is 11.6 Å². The molecule has 2 rings (SSSR count). The zero-order chi connectivity index (χ0) is 16.3. The summed E-state index contributed by atoms with van der Waals surface area (Å²) in [6.45, 7) is 1.35. The molecule has 1 aromatic heterocycles. The molecule has 7 nitrogen and oxygen atoms in total. The van der Waals surface area contributed by atoms with Gasteiger partial charge in [-0.2, -0.15) is 0 Å². The van der Waals surface area contributed by atoms with Crippen LogP contribution in [0.1, 0.15) is 23.0 Å². The largest absolute Gasteiger partial charge is 0.466 e. The molecule has 1 atom stereocenters. The molecule has 0 aliphatic heterocycles. The number of nitrogens with one attached hydrogen (secondary N) is 1. The molecule has 22 heavy (non-hydrogen) atoms. The summed E-state index contributed by atoms with van der Waals surface area (Å²) in [5.41, 5.74) is -1.64. The van der Waals surface area contributed by atoms with Crippen molar-refractivity contribution in [1.82, 2.24) is 5.32 Å². The van der Waals surface area contributed by atoms with Crippen molar-refractivity contribution >= 4 is 23.2 Å². The van der Waals surface area contributed by atoms with Crippen molar-refractivity contribution in [3.8, 4) is 0 Å². The smallest absolute Gasteiger partial charge is 0.271 e. The number of amides is 1. The average molecular weight is 325 g/mol. The number of carbonyl (C=O) groups is 1. The summed E-state index contributed by atoms with van der Waals surface area (Å²) in [5.74, 6) is -0.290. The minimum atomic E-state index is -1.40. The van der Waals surface area contributed by atoms with Gasteiger partial charge in [-0.15, -0.1) is 0 Å². The number of nitro benzene ring substituents is 1. The number of hydrogen-bond acceptors (Lipinski definition) is 5. The molecule has 0 aliphatic rings. The van der Waals surface area contributed by atoms with Gasteiger partial charge in [0.15, 0.2) is 0 Å². The molecular formula is C14H13ClN2O5. The number of aliphatic hydroxyl groups is 1. The van der Waals surface area contributed by atoms with E-state index in [0.717, 1.165) is 12.1 Å². The number of rotatable bonds is 5. The zero-order valence-corrected chi connectivity index (χ0v) is 12.3. The second kappa shape index (κ2) is 6.17. The predicted octanol–water partition coefficient (Wildman–Crippen LogP) is 2.48. The van der Waals surface area contributed by atoms with Crippen LogP contribution in [0.15, 0.2) is 41.0 Å². The standard InChI is InChI=1S/C14H13ClN2O5/c1-14(19,12-3-2-4-22-12)8-16-13(18)9-5-10(15)7-11(6-9)17(20)21/h2-7,19H,8H2,1H3,(H,16,18). The molecule has 1 aromatic carbocycles. The summed E-state index contributed by atoms with van der Waals surface area (Å²) < 4.78 is 5.09. The molecule has 0 aliphatic carbocycles. The minimum Gasteiger partial charge on any atom is -0.466 e. The van der Waals surface area contributed by atoms with E-state index in [1.54, 1.807) is 12.1 Å². The first-order valence-electron chi connectivity index (χ1n) is 6.29. The maximum atomic E-state index is 12.1. The third-order valence-corrected chi connectivity index (χ3v) is 3.22. The van der Waals surface area contributed by atoms with E-state index in [0.29, 0.717) is 5.76 Å². The Labute approximate surface area is 130 Å². The molecule has 1 amide bonds. The van der Waals surface area contributed by atoms with Crippen LogP contribution in [0.4, 0.5) is 5.69 Å². The van der Waals surface area contributed by atoms with Crippen LogP contribution in [0.5, 0.6) is 0 Å². The normalized spacial score (nSPS) is 13.4. The third kappa shape index (κ3) is 3.63. The topological polar surface area (TPSA) is 106 Å². The average Bonchev–Trinajstić information content (AvgIpc) is 2.99. The Morgan fingerprint density at radius 2 is 2.23 bits per heavy atom. The van der Waals surface area contributed by atoms with Gasteiger partial charge in [-0.05, 0) is 25.1 Å². The molecule has 0 spiro atoms. The summed E-state index contributed by atoms with van der Waals surface area (Å²) in [6.07, 6.45) is 1.41. The molecule has 0 bridgehead atoms. The number of halogens is 1. The highest BCUT2D eigenvalue weighted by molar-refractivity contribution is 6.31. The van der Waals surface area contributed by atoms with Gasteiger partial charge in [0, 0.05) is 22.7 Å². The summed E-state index contributed by atoms with van der Waals surface area (Å²) in [6, 6.07) is 6.77. The first-order chi connectivity index (χ1) is 10.3. The Hall–Kier alpha value is -2.38. The molecular weight excluding hydrogens is 312 g/mol. The highest BCUT2D eigenvalue weighted by Gasteiger charge is 2.27. The van der Waals surface area contributed by atoms with Crippen LogP contribution in [-0.4, -0.2) is 22.5 Å². The van der Waals surface area contributed by atoms with Crippen molar-refractivity contribution in [3.63, 3.8) is 0 Å². The molecule has 0 saturated heterocycles. The Morgan fingerprint density at radius 1 is 1.50 bits per heavy atom. The fourth-order valence-electron chi connectivity index (χ4n) is 1.84. The predicted molar refractivity (Wildman–Crippen MR) is 78.7 cm³/mol. The number of hydrogen-bond donors (Lipinski definition) is 2. The quantitative estimate of drug-likeness (QED) is 0.649. The number of carbonyl (C=O) groups excluding carboxylic acids is 1. The van der Waals surface area contributed by atoms with Crippen LogP contribution in [0, 0.1) is 10.1 Å². The van der Waals surface area contributed by atoms with Crippen LogP contribution in [0.3, 0.4) is 0 Å². The number of benzene rings is 1. The SMILES string of the molecule is CC(O)(CNC(=O)c1cc(Cl)cc([N+](=O)[O-])c1)c1ccco1. The van der Waals surface area contributed by atoms with E-state index in [1.807, 2.05) is 0 Å². The lowest BCUT2D eigenvalue weighted by molar-refractivity contribution is -0.384. The highest BCUT2D eigenvalue weighted by atomic mass is 35.5. The van der Waals surface area contributed by atoms with Crippen molar-refractivity contribution in [2.24, 2.45) is 0 Å². The summed E-state index contributed by atoms with van der Waals surface area (Å²) in [7, 11) is 0. The Bertz CT molecular complexity index is 697. The van der Waals surface area contributed by atoms with Crippen molar-refractivity contribution in [3.05, 3.63) is 63.1 Å². The summed E-state index contributed by atoms with van der Waals surface area (Å²) in [5, 5.41) is 23.6. The van der Waals surface area contributed by atoms with Crippen LogP contribution in [0.25, 0.3) is 0 Å². The van der Waals surface area contributed by atoms with Crippen LogP contribution < -0.4 is 5.32 Å². The van der Waals surface area contributed by atoms with E-state index in [1.165, 1.54) is 19.3 Å². The number of nitrogens with zero attached hydrogens (tertiary/aromatic N) is 1. The van der Waals surface area contributed by atoms with E-state index < -0.39 is 16.4 Å². The van der Waals surface area contributed by atoms with E-state index in [2.05, 4.69) is 5.32 Å². The maximum absolute atomic E-state index is 12.1. The van der Waals surface area contributed by atoms with Gasteiger partial charge in [0.05, 0.1) is 17.7 Å². The van der Waals surface area contributed by atoms with Crippen molar-refractivity contribution < 1.29 is 19.2 Å². The van der Waals surface area contributed by atoms with E-state index >= 15 is 0 Å². The van der Waals surface area contributed by atoms with Gasteiger partial charge in [-0.3, -0.25) is 14.9 Å². The first kappa shape index (κ1) is 16.0. The molecule has 2 N–H and O–H groups in total. The lowest BCUT2D eigenvalue weighted by atomic mass is 10.0. The molecule has 8 heteroatoms. The van der Waals surface area contributed by atoms with Crippen LogP contribution >= 0.6 is 11.6 Å². The number of non-ortho nitro benzene ring substituents is 1. The van der Waals surface area contributed by atoms with Gasteiger partial charge >= 0.3 is 0 Å². The molecule has 1 unspecified atom stereocenters. The second-order valence-electron chi connectivity index (χ2n) is 4.89. The second-order valence-corrected chi connectivity index (χ2v) is 5.33. The lowest BCUT2D eigenvalue weighted by Crippen LogP contribution is -2.38. The molecule has 116 valence electrons. The Morgan fingerprint density at radius 3 is 2.82 bits per heavy atom. The van der Waals surface area contributed by atoms with Gasteiger partial charge in [-0.1, -0.05) is 11.6 Å². The number of furan rings is 1. The lowest BCUT2D eigenvalue weighted by Gasteiger charge is -2.21. The first-order valence-corrected chi connectivity index (χ1v) is 6.67. The monoisotopic (exact) mass is 324 g/mol. The van der Waals surface area contributed by atoms with Crippen molar-refractivity contribution in [1.29, 1.82) is 0 Å². The third-order valence-electron chi connectivity index (χ3n) is 3.00. The van der Waals surface area contributed by atoms with Crippen LogP contribution in [0.2, 0.25) is 5.02 Å². The summed E-state index contributed by atoms with van der Waals surface area (Å²) >= 11 is 5.76. The van der Waals surface area contributed by atoms with Gasteiger partial charge in [0.1, 0.15) is 11.4 Å².